The first-order chi connectivity index (χ1) is 5.14. The summed E-state index contributed by atoms with van der Waals surface area (Å²) in [6.07, 6.45) is 8.54. The van der Waals surface area contributed by atoms with Gasteiger partial charge in [-0.1, -0.05) is 26.0 Å². The maximum atomic E-state index is 4.29. The van der Waals surface area contributed by atoms with Crippen molar-refractivity contribution in [3.05, 3.63) is 24.3 Å². The SMILES string of the molecule is CCN=C1C=CC(C)(C)C=C1. The van der Waals surface area contributed by atoms with E-state index in [2.05, 4.69) is 50.1 Å². The van der Waals surface area contributed by atoms with Gasteiger partial charge < -0.3 is 0 Å². The lowest BCUT2D eigenvalue weighted by Gasteiger charge is -2.17. The Hall–Kier alpha value is -0.850. The Bertz CT molecular complexity index is 201. The zero-order chi connectivity index (χ0) is 8.32. The van der Waals surface area contributed by atoms with E-state index in [9.17, 15) is 0 Å². The molecule has 0 aliphatic heterocycles. The fraction of sp³-hybridized carbons (Fsp3) is 0.500. The molecule has 0 saturated carbocycles. The lowest BCUT2D eigenvalue weighted by Crippen LogP contribution is -2.08. The Morgan fingerprint density at radius 3 is 2.27 bits per heavy atom. The van der Waals surface area contributed by atoms with E-state index in [0.717, 1.165) is 12.3 Å². The quantitative estimate of drug-likeness (QED) is 0.543. The Labute approximate surface area is 68.5 Å². The second-order valence-electron chi connectivity index (χ2n) is 3.39. The van der Waals surface area contributed by atoms with Crippen LogP contribution in [0.5, 0.6) is 0 Å². The third kappa shape index (κ3) is 2.34. The van der Waals surface area contributed by atoms with Crippen LogP contribution >= 0.6 is 0 Å². The third-order valence-corrected chi connectivity index (χ3v) is 1.71. The second kappa shape index (κ2) is 3.04. The zero-order valence-corrected chi connectivity index (χ0v) is 7.46. The number of rotatable bonds is 1. The van der Waals surface area contributed by atoms with Crippen molar-refractivity contribution in [2.45, 2.75) is 20.8 Å². The van der Waals surface area contributed by atoms with Crippen LogP contribution < -0.4 is 0 Å². The Morgan fingerprint density at radius 2 is 1.82 bits per heavy atom. The molecule has 0 aromatic heterocycles. The lowest BCUT2D eigenvalue weighted by atomic mass is 9.88. The molecule has 11 heavy (non-hydrogen) atoms. The Balaban J connectivity index is 2.72. The molecule has 60 valence electrons. The lowest BCUT2D eigenvalue weighted by molar-refractivity contribution is 0.624. The Morgan fingerprint density at radius 1 is 1.27 bits per heavy atom. The summed E-state index contributed by atoms with van der Waals surface area (Å²) in [7, 11) is 0. The van der Waals surface area contributed by atoms with Crippen LogP contribution in [0.4, 0.5) is 0 Å². The molecule has 0 bridgehead atoms. The van der Waals surface area contributed by atoms with Gasteiger partial charge in [0.15, 0.2) is 0 Å². The minimum Gasteiger partial charge on any atom is -0.286 e. The zero-order valence-electron chi connectivity index (χ0n) is 7.46. The van der Waals surface area contributed by atoms with Crippen molar-refractivity contribution < 1.29 is 0 Å². The maximum Gasteiger partial charge on any atom is 0.0568 e. The van der Waals surface area contributed by atoms with E-state index in [-0.39, 0.29) is 5.41 Å². The van der Waals surface area contributed by atoms with Gasteiger partial charge in [0.1, 0.15) is 0 Å². The molecule has 0 atom stereocenters. The van der Waals surface area contributed by atoms with Gasteiger partial charge in [0.05, 0.1) is 5.71 Å². The van der Waals surface area contributed by atoms with Gasteiger partial charge in [-0.15, -0.1) is 0 Å². The van der Waals surface area contributed by atoms with Crippen LogP contribution in [-0.2, 0) is 0 Å². The van der Waals surface area contributed by atoms with Crippen molar-refractivity contribution in [3.63, 3.8) is 0 Å². The van der Waals surface area contributed by atoms with Crippen molar-refractivity contribution in [2.75, 3.05) is 6.54 Å². The average Bonchev–Trinajstić information content (AvgIpc) is 1.94. The maximum absolute atomic E-state index is 4.29. The van der Waals surface area contributed by atoms with Crippen LogP contribution in [0.2, 0.25) is 0 Å². The molecule has 0 spiro atoms. The van der Waals surface area contributed by atoms with E-state index in [1.807, 2.05) is 0 Å². The van der Waals surface area contributed by atoms with Gasteiger partial charge in [-0.05, 0) is 19.1 Å². The summed E-state index contributed by atoms with van der Waals surface area (Å²) in [5, 5.41) is 0. The van der Waals surface area contributed by atoms with Crippen LogP contribution in [0.3, 0.4) is 0 Å². The number of nitrogens with zero attached hydrogens (tertiary/aromatic N) is 1. The highest BCUT2D eigenvalue weighted by atomic mass is 14.7. The van der Waals surface area contributed by atoms with E-state index in [4.69, 9.17) is 0 Å². The molecule has 1 aliphatic carbocycles. The number of aliphatic imine (C=N–C) groups is 1. The largest absolute Gasteiger partial charge is 0.286 e. The molecule has 1 heteroatoms. The van der Waals surface area contributed by atoms with E-state index in [0.29, 0.717) is 0 Å². The first kappa shape index (κ1) is 8.25. The van der Waals surface area contributed by atoms with Gasteiger partial charge in [-0.2, -0.15) is 0 Å². The van der Waals surface area contributed by atoms with E-state index in [1.54, 1.807) is 0 Å². The monoisotopic (exact) mass is 149 g/mol. The highest BCUT2D eigenvalue weighted by Gasteiger charge is 2.11. The molecule has 0 fully saturated rings. The first-order valence-electron chi connectivity index (χ1n) is 4.07. The number of allylic oxidation sites excluding steroid dienone is 4. The van der Waals surface area contributed by atoms with Crippen molar-refractivity contribution in [3.8, 4) is 0 Å². The van der Waals surface area contributed by atoms with Crippen molar-refractivity contribution >= 4 is 5.71 Å². The standard InChI is InChI=1S/C10H15N/c1-4-11-9-5-7-10(2,3)8-6-9/h5-8H,4H2,1-3H3. The van der Waals surface area contributed by atoms with Crippen LogP contribution in [0.15, 0.2) is 29.3 Å². The molecular formula is C10H15N. The van der Waals surface area contributed by atoms with Gasteiger partial charge in [0.2, 0.25) is 0 Å². The molecule has 0 radical (unpaired) electrons. The minimum atomic E-state index is 0.215. The molecule has 1 rings (SSSR count). The van der Waals surface area contributed by atoms with Crippen molar-refractivity contribution in [2.24, 2.45) is 10.4 Å². The van der Waals surface area contributed by atoms with Gasteiger partial charge >= 0.3 is 0 Å². The molecule has 0 heterocycles. The molecular weight excluding hydrogens is 134 g/mol. The number of hydrogen-bond donors (Lipinski definition) is 0. The van der Waals surface area contributed by atoms with E-state index < -0.39 is 0 Å². The summed E-state index contributed by atoms with van der Waals surface area (Å²) in [6, 6.07) is 0. The summed E-state index contributed by atoms with van der Waals surface area (Å²) >= 11 is 0. The normalized spacial score (nSPS) is 20.5. The van der Waals surface area contributed by atoms with Crippen molar-refractivity contribution in [1.82, 2.24) is 0 Å². The van der Waals surface area contributed by atoms with Gasteiger partial charge in [0, 0.05) is 12.0 Å². The van der Waals surface area contributed by atoms with Crippen LogP contribution in [0.25, 0.3) is 0 Å². The summed E-state index contributed by atoms with van der Waals surface area (Å²) in [4.78, 5) is 4.29. The first-order valence-corrected chi connectivity index (χ1v) is 4.07. The molecule has 0 aromatic rings. The smallest absolute Gasteiger partial charge is 0.0568 e. The molecule has 1 aliphatic rings. The van der Waals surface area contributed by atoms with Crippen LogP contribution in [-0.4, -0.2) is 12.3 Å². The fourth-order valence-corrected chi connectivity index (χ4v) is 0.999. The summed E-state index contributed by atoms with van der Waals surface area (Å²) in [5.74, 6) is 0. The van der Waals surface area contributed by atoms with Crippen LogP contribution in [0, 0.1) is 5.41 Å². The summed E-state index contributed by atoms with van der Waals surface area (Å²) < 4.78 is 0. The predicted octanol–water partition coefficient (Wildman–Crippen LogP) is 2.60. The third-order valence-electron chi connectivity index (χ3n) is 1.71. The van der Waals surface area contributed by atoms with Crippen LogP contribution in [0.1, 0.15) is 20.8 Å². The molecule has 0 aromatic carbocycles. The second-order valence-corrected chi connectivity index (χ2v) is 3.39. The summed E-state index contributed by atoms with van der Waals surface area (Å²) in [5.41, 5.74) is 1.30. The molecule has 0 amide bonds. The van der Waals surface area contributed by atoms with Gasteiger partial charge in [0.25, 0.3) is 0 Å². The summed E-state index contributed by atoms with van der Waals surface area (Å²) in [6.45, 7) is 7.28. The van der Waals surface area contributed by atoms with Crippen molar-refractivity contribution in [1.29, 1.82) is 0 Å². The fourth-order valence-electron chi connectivity index (χ4n) is 0.999. The van der Waals surface area contributed by atoms with E-state index in [1.165, 1.54) is 0 Å². The minimum absolute atomic E-state index is 0.215. The molecule has 0 N–H and O–H groups in total. The highest BCUT2D eigenvalue weighted by molar-refractivity contribution is 6.05. The topological polar surface area (TPSA) is 12.4 Å². The number of hydrogen-bond acceptors (Lipinski definition) is 1. The molecule has 0 saturated heterocycles. The highest BCUT2D eigenvalue weighted by Crippen LogP contribution is 2.21. The Kier molecular flexibility index (Phi) is 2.28. The van der Waals surface area contributed by atoms with Gasteiger partial charge in [-0.3, -0.25) is 4.99 Å². The average molecular weight is 149 g/mol. The van der Waals surface area contributed by atoms with Gasteiger partial charge in [-0.25, -0.2) is 0 Å². The van der Waals surface area contributed by atoms with E-state index >= 15 is 0 Å². The molecule has 0 unspecified atom stereocenters. The predicted molar refractivity (Wildman–Crippen MR) is 50.0 cm³/mol. The molecule has 1 nitrogen and oxygen atoms in total.